The lowest BCUT2D eigenvalue weighted by Gasteiger charge is -2.38. The molecular formula is C20H19F3N2O4S. The van der Waals surface area contributed by atoms with Gasteiger partial charge in [-0.2, -0.15) is 13.2 Å². The van der Waals surface area contributed by atoms with Crippen molar-refractivity contribution in [3.63, 3.8) is 0 Å². The van der Waals surface area contributed by atoms with Crippen LogP contribution in [0.2, 0.25) is 0 Å². The van der Waals surface area contributed by atoms with Gasteiger partial charge in [-0.05, 0) is 38.0 Å². The van der Waals surface area contributed by atoms with Crippen molar-refractivity contribution in [2.24, 2.45) is 0 Å². The summed E-state index contributed by atoms with van der Waals surface area (Å²) < 4.78 is 75.1. The molecule has 0 spiro atoms. The SMILES string of the molecule is [C-]#[N+]c1cc(OC)ncc1C1CC(C)(S(=O)(=O)c2cccc(C(F)(F)F)c2)CCO1. The zero-order valence-corrected chi connectivity index (χ0v) is 17.0. The van der Waals surface area contributed by atoms with Gasteiger partial charge >= 0.3 is 6.18 Å². The molecule has 0 N–H and O–H groups in total. The number of methoxy groups -OCH3 is 1. The molecule has 0 amide bonds. The summed E-state index contributed by atoms with van der Waals surface area (Å²) in [7, 11) is -2.71. The maximum absolute atomic E-state index is 13.3. The van der Waals surface area contributed by atoms with E-state index in [4.69, 9.17) is 16.0 Å². The van der Waals surface area contributed by atoms with Crippen molar-refractivity contribution >= 4 is 15.5 Å². The average Bonchev–Trinajstić information content (AvgIpc) is 2.72. The fraction of sp³-hybridized carbons (Fsp3) is 0.400. The van der Waals surface area contributed by atoms with Crippen LogP contribution in [0.1, 0.15) is 37.0 Å². The summed E-state index contributed by atoms with van der Waals surface area (Å²) >= 11 is 0. The third kappa shape index (κ3) is 4.00. The zero-order valence-electron chi connectivity index (χ0n) is 16.2. The number of pyridine rings is 1. The smallest absolute Gasteiger partial charge is 0.416 e. The molecule has 2 aromatic rings. The van der Waals surface area contributed by atoms with Gasteiger partial charge in [-0.25, -0.2) is 18.2 Å². The number of nitrogens with zero attached hydrogens (tertiary/aromatic N) is 2. The fourth-order valence-corrected chi connectivity index (χ4v) is 5.26. The second kappa shape index (κ2) is 7.89. The molecule has 10 heteroatoms. The monoisotopic (exact) mass is 440 g/mol. The minimum atomic E-state index is -4.65. The van der Waals surface area contributed by atoms with E-state index < -0.39 is 37.3 Å². The van der Waals surface area contributed by atoms with E-state index in [-0.39, 0.29) is 31.0 Å². The third-order valence-electron chi connectivity index (χ3n) is 5.25. The van der Waals surface area contributed by atoms with Crippen molar-refractivity contribution in [2.75, 3.05) is 13.7 Å². The molecule has 6 nitrogen and oxygen atoms in total. The van der Waals surface area contributed by atoms with Crippen molar-refractivity contribution in [3.05, 3.63) is 59.1 Å². The third-order valence-corrected chi connectivity index (χ3v) is 7.79. The normalized spacial score (nSPS) is 22.3. The Morgan fingerprint density at radius 3 is 2.70 bits per heavy atom. The predicted molar refractivity (Wildman–Crippen MR) is 102 cm³/mol. The molecule has 0 bridgehead atoms. The molecule has 30 heavy (non-hydrogen) atoms. The molecule has 0 saturated carbocycles. The number of hydrogen-bond acceptors (Lipinski definition) is 5. The minimum absolute atomic E-state index is 0.0257. The molecule has 1 aliphatic heterocycles. The van der Waals surface area contributed by atoms with Gasteiger partial charge in [-0.1, -0.05) is 6.07 Å². The molecule has 2 unspecified atom stereocenters. The molecule has 3 rings (SSSR count). The summed E-state index contributed by atoms with van der Waals surface area (Å²) in [6, 6.07) is 5.17. The highest BCUT2D eigenvalue weighted by molar-refractivity contribution is 7.92. The summed E-state index contributed by atoms with van der Waals surface area (Å²) in [6.45, 7) is 8.94. The molecule has 1 aromatic heterocycles. The summed E-state index contributed by atoms with van der Waals surface area (Å²) in [4.78, 5) is 7.11. The second-order valence-electron chi connectivity index (χ2n) is 7.19. The minimum Gasteiger partial charge on any atom is -0.482 e. The average molecular weight is 440 g/mol. The van der Waals surface area contributed by atoms with Crippen LogP contribution < -0.4 is 4.74 Å². The first-order valence-corrected chi connectivity index (χ1v) is 10.4. The predicted octanol–water partition coefficient (Wildman–Crippen LogP) is 4.74. The van der Waals surface area contributed by atoms with Crippen LogP contribution in [0.15, 0.2) is 41.4 Å². The molecule has 0 radical (unpaired) electrons. The summed E-state index contributed by atoms with van der Waals surface area (Å²) in [6.07, 6.45) is -3.91. The number of sulfone groups is 1. The van der Waals surface area contributed by atoms with E-state index in [9.17, 15) is 21.6 Å². The van der Waals surface area contributed by atoms with Crippen molar-refractivity contribution < 1.29 is 31.1 Å². The second-order valence-corrected chi connectivity index (χ2v) is 9.65. The molecule has 160 valence electrons. The van der Waals surface area contributed by atoms with E-state index in [1.54, 1.807) is 0 Å². The molecule has 1 aromatic carbocycles. The molecule has 2 atom stereocenters. The Morgan fingerprint density at radius 1 is 1.33 bits per heavy atom. The van der Waals surface area contributed by atoms with Crippen LogP contribution in [0.4, 0.5) is 18.9 Å². The molecule has 1 aliphatic rings. The number of ether oxygens (including phenoxy) is 2. The van der Waals surface area contributed by atoms with Gasteiger partial charge in [0.05, 0.1) is 35.0 Å². The van der Waals surface area contributed by atoms with Crippen molar-refractivity contribution in [3.8, 4) is 5.88 Å². The van der Waals surface area contributed by atoms with Crippen LogP contribution in [-0.2, 0) is 20.8 Å². The van der Waals surface area contributed by atoms with E-state index >= 15 is 0 Å². The van der Waals surface area contributed by atoms with Gasteiger partial charge in [0.15, 0.2) is 15.5 Å². The molecular weight excluding hydrogens is 421 g/mol. The maximum Gasteiger partial charge on any atom is 0.416 e. The topological polar surface area (TPSA) is 69.8 Å². The Balaban J connectivity index is 1.98. The number of aromatic nitrogens is 1. The summed E-state index contributed by atoms with van der Waals surface area (Å²) in [5.74, 6) is 0.236. The largest absolute Gasteiger partial charge is 0.482 e. The van der Waals surface area contributed by atoms with Gasteiger partial charge in [0.2, 0.25) is 5.88 Å². The highest BCUT2D eigenvalue weighted by Crippen LogP contribution is 2.44. The summed E-state index contributed by atoms with van der Waals surface area (Å²) in [5, 5.41) is 0. The van der Waals surface area contributed by atoms with Gasteiger partial charge in [-0.15, -0.1) is 0 Å². The molecule has 1 fully saturated rings. The Labute approximate surface area is 172 Å². The lowest BCUT2D eigenvalue weighted by molar-refractivity contribution is -0.137. The zero-order chi connectivity index (χ0) is 22.2. The van der Waals surface area contributed by atoms with Crippen LogP contribution in [0.5, 0.6) is 5.88 Å². The van der Waals surface area contributed by atoms with Gasteiger partial charge in [0, 0.05) is 24.4 Å². The van der Waals surface area contributed by atoms with Crippen molar-refractivity contribution in [2.45, 2.75) is 41.7 Å². The Morgan fingerprint density at radius 2 is 2.07 bits per heavy atom. The lowest BCUT2D eigenvalue weighted by atomic mass is 9.92. The van der Waals surface area contributed by atoms with Gasteiger partial charge < -0.3 is 9.47 Å². The molecule has 1 saturated heterocycles. The summed E-state index contributed by atoms with van der Waals surface area (Å²) in [5.41, 5.74) is -0.394. The molecule has 0 aliphatic carbocycles. The van der Waals surface area contributed by atoms with Crippen LogP contribution in [-0.4, -0.2) is 31.9 Å². The van der Waals surface area contributed by atoms with Crippen LogP contribution >= 0.6 is 0 Å². The van der Waals surface area contributed by atoms with Crippen LogP contribution in [0, 0.1) is 6.57 Å². The number of halogens is 3. The fourth-order valence-electron chi connectivity index (χ4n) is 3.43. The first kappa shape index (κ1) is 22.1. The highest BCUT2D eigenvalue weighted by Gasteiger charge is 2.46. The quantitative estimate of drug-likeness (QED) is 0.642. The van der Waals surface area contributed by atoms with Gasteiger partial charge in [0.25, 0.3) is 0 Å². The van der Waals surface area contributed by atoms with E-state index in [0.717, 1.165) is 12.1 Å². The number of alkyl halides is 3. The first-order valence-electron chi connectivity index (χ1n) is 8.97. The lowest BCUT2D eigenvalue weighted by Crippen LogP contribution is -2.42. The van der Waals surface area contributed by atoms with E-state index in [1.165, 1.54) is 32.4 Å². The maximum atomic E-state index is 13.3. The molecule has 2 heterocycles. The van der Waals surface area contributed by atoms with E-state index in [1.807, 2.05) is 0 Å². The standard InChI is InChI=1S/C20H19F3N2O4S/c1-19(30(26,27)14-6-4-5-13(9-14)20(21,22)23)7-8-29-17(11-19)15-12-25-18(28-3)10-16(15)24-2/h4-6,9-10,12,17H,7-8,11H2,1,3H3. The first-order chi connectivity index (χ1) is 14.0. The van der Waals surface area contributed by atoms with Gasteiger partial charge in [-0.3, -0.25) is 0 Å². The number of benzene rings is 1. The van der Waals surface area contributed by atoms with Crippen LogP contribution in [0.3, 0.4) is 0 Å². The highest BCUT2D eigenvalue weighted by atomic mass is 32.2. The van der Waals surface area contributed by atoms with Crippen LogP contribution in [0.25, 0.3) is 4.85 Å². The van der Waals surface area contributed by atoms with Crippen molar-refractivity contribution in [1.82, 2.24) is 4.98 Å². The number of rotatable bonds is 4. The Hall–Kier alpha value is -2.64. The Bertz CT molecular complexity index is 1100. The van der Waals surface area contributed by atoms with E-state index in [2.05, 4.69) is 9.83 Å². The number of hydrogen-bond donors (Lipinski definition) is 0. The van der Waals surface area contributed by atoms with Crippen molar-refractivity contribution in [1.29, 1.82) is 0 Å². The van der Waals surface area contributed by atoms with E-state index in [0.29, 0.717) is 11.6 Å². The Kier molecular flexibility index (Phi) is 5.80. The van der Waals surface area contributed by atoms with Gasteiger partial charge in [0.1, 0.15) is 0 Å².